The van der Waals surface area contributed by atoms with Crippen LogP contribution in [0, 0.1) is 5.92 Å². The van der Waals surface area contributed by atoms with E-state index in [4.69, 9.17) is 0 Å². The molecular formula is C17H31N3. The first-order valence-electron chi connectivity index (χ1n) is 7.93. The van der Waals surface area contributed by atoms with Crippen molar-refractivity contribution in [3.05, 3.63) is 24.0 Å². The number of hydrogen-bond donors (Lipinski definition) is 1. The van der Waals surface area contributed by atoms with Gasteiger partial charge in [-0.15, -0.1) is 0 Å². The van der Waals surface area contributed by atoms with E-state index < -0.39 is 0 Å². The van der Waals surface area contributed by atoms with Crippen LogP contribution in [0.3, 0.4) is 0 Å². The number of pyridine rings is 1. The van der Waals surface area contributed by atoms with Gasteiger partial charge in [-0.1, -0.05) is 27.7 Å². The average molecular weight is 277 g/mol. The third-order valence-corrected chi connectivity index (χ3v) is 3.92. The molecule has 0 amide bonds. The first-order chi connectivity index (χ1) is 9.53. The lowest BCUT2D eigenvalue weighted by Gasteiger charge is -2.34. The summed E-state index contributed by atoms with van der Waals surface area (Å²) < 4.78 is 0. The zero-order valence-corrected chi connectivity index (χ0v) is 14.0. The maximum Gasteiger partial charge on any atom is 0.0571 e. The Bertz CT molecular complexity index is 368. The van der Waals surface area contributed by atoms with Crippen molar-refractivity contribution in [1.29, 1.82) is 0 Å². The van der Waals surface area contributed by atoms with Gasteiger partial charge < -0.3 is 10.2 Å². The number of nitrogens with zero attached hydrogens (tertiary/aromatic N) is 2. The van der Waals surface area contributed by atoms with E-state index in [1.807, 2.05) is 13.2 Å². The fourth-order valence-electron chi connectivity index (χ4n) is 2.56. The number of hydrogen-bond acceptors (Lipinski definition) is 3. The Labute approximate surface area is 124 Å². The molecule has 3 heteroatoms. The van der Waals surface area contributed by atoms with Crippen LogP contribution in [0.1, 0.15) is 59.2 Å². The number of rotatable bonds is 8. The summed E-state index contributed by atoms with van der Waals surface area (Å²) in [6.07, 6.45) is 4.39. The van der Waals surface area contributed by atoms with Gasteiger partial charge in [-0.2, -0.15) is 0 Å². The topological polar surface area (TPSA) is 28.2 Å². The predicted molar refractivity (Wildman–Crippen MR) is 88.3 cm³/mol. The van der Waals surface area contributed by atoms with E-state index in [2.05, 4.69) is 62.0 Å². The molecule has 0 aliphatic carbocycles. The number of aromatic nitrogens is 1. The van der Waals surface area contributed by atoms with Crippen molar-refractivity contribution < 1.29 is 0 Å². The third kappa shape index (κ3) is 4.48. The minimum Gasteiger partial charge on any atom is -0.367 e. The highest BCUT2D eigenvalue weighted by Gasteiger charge is 2.17. The Morgan fingerprint density at radius 1 is 1.15 bits per heavy atom. The maximum atomic E-state index is 4.62. The molecule has 114 valence electrons. The van der Waals surface area contributed by atoms with Crippen molar-refractivity contribution in [1.82, 2.24) is 10.3 Å². The average Bonchev–Trinajstić information content (AvgIpc) is 2.46. The van der Waals surface area contributed by atoms with E-state index in [0.717, 1.165) is 12.2 Å². The van der Waals surface area contributed by atoms with Crippen molar-refractivity contribution in [2.75, 3.05) is 18.5 Å². The standard InChI is InChI=1S/C17H31N3/c1-7-15(8-2)20(12-13(3)4)16-9-10-17(19-11-16)14(5)18-6/h9-11,13-15,18H,7-8,12H2,1-6H3. The van der Waals surface area contributed by atoms with Gasteiger partial charge in [0.25, 0.3) is 0 Å². The SMILES string of the molecule is CCC(CC)N(CC(C)C)c1ccc(C(C)NC)nc1. The summed E-state index contributed by atoms with van der Waals surface area (Å²) in [5.74, 6) is 0.659. The molecule has 1 aromatic rings. The lowest BCUT2D eigenvalue weighted by molar-refractivity contribution is 0.506. The van der Waals surface area contributed by atoms with Gasteiger partial charge >= 0.3 is 0 Å². The summed E-state index contributed by atoms with van der Waals surface area (Å²) in [5, 5.41) is 3.23. The van der Waals surface area contributed by atoms with Crippen LogP contribution in [0.25, 0.3) is 0 Å². The smallest absolute Gasteiger partial charge is 0.0571 e. The van der Waals surface area contributed by atoms with Crippen molar-refractivity contribution in [2.24, 2.45) is 5.92 Å². The highest BCUT2D eigenvalue weighted by Crippen LogP contribution is 2.22. The second kappa shape index (κ2) is 8.25. The molecule has 20 heavy (non-hydrogen) atoms. The van der Waals surface area contributed by atoms with Crippen LogP contribution in [0.2, 0.25) is 0 Å². The number of anilines is 1. The summed E-state index contributed by atoms with van der Waals surface area (Å²) in [6.45, 7) is 12.3. The molecule has 0 aliphatic heterocycles. The van der Waals surface area contributed by atoms with Gasteiger partial charge in [-0.3, -0.25) is 4.98 Å². The summed E-state index contributed by atoms with van der Waals surface area (Å²) in [7, 11) is 1.97. The van der Waals surface area contributed by atoms with E-state index in [-0.39, 0.29) is 0 Å². The zero-order valence-electron chi connectivity index (χ0n) is 14.0. The Morgan fingerprint density at radius 2 is 1.80 bits per heavy atom. The largest absolute Gasteiger partial charge is 0.367 e. The fourth-order valence-corrected chi connectivity index (χ4v) is 2.56. The maximum absolute atomic E-state index is 4.62. The van der Waals surface area contributed by atoms with E-state index in [0.29, 0.717) is 18.0 Å². The minimum absolute atomic E-state index is 0.302. The second-order valence-corrected chi connectivity index (χ2v) is 5.97. The Hall–Kier alpha value is -1.09. The molecule has 3 nitrogen and oxygen atoms in total. The van der Waals surface area contributed by atoms with Crippen molar-refractivity contribution in [3.8, 4) is 0 Å². The second-order valence-electron chi connectivity index (χ2n) is 5.97. The van der Waals surface area contributed by atoms with Crippen molar-refractivity contribution in [2.45, 2.75) is 59.5 Å². The monoisotopic (exact) mass is 277 g/mol. The first-order valence-corrected chi connectivity index (χ1v) is 7.93. The lowest BCUT2D eigenvalue weighted by atomic mass is 10.1. The Kier molecular flexibility index (Phi) is 7.00. The van der Waals surface area contributed by atoms with Crippen LogP contribution in [0.5, 0.6) is 0 Å². The van der Waals surface area contributed by atoms with Gasteiger partial charge in [-0.05, 0) is 44.9 Å². The first kappa shape index (κ1) is 17.0. The normalized spacial score (nSPS) is 13.0. The molecule has 1 unspecified atom stereocenters. The Morgan fingerprint density at radius 3 is 2.20 bits per heavy atom. The minimum atomic E-state index is 0.302. The van der Waals surface area contributed by atoms with E-state index in [1.54, 1.807) is 0 Å². The molecule has 0 aliphatic rings. The van der Waals surface area contributed by atoms with Gasteiger partial charge in [0, 0.05) is 18.6 Å². The summed E-state index contributed by atoms with van der Waals surface area (Å²) in [6, 6.07) is 5.27. The molecule has 0 saturated heterocycles. The zero-order chi connectivity index (χ0) is 15.1. The van der Waals surface area contributed by atoms with Gasteiger partial charge in [-0.25, -0.2) is 0 Å². The third-order valence-electron chi connectivity index (χ3n) is 3.92. The summed E-state index contributed by atoms with van der Waals surface area (Å²) in [5.41, 5.74) is 2.35. The molecule has 1 N–H and O–H groups in total. The van der Waals surface area contributed by atoms with Crippen LogP contribution in [0.15, 0.2) is 18.3 Å². The van der Waals surface area contributed by atoms with Crippen LogP contribution >= 0.6 is 0 Å². The highest BCUT2D eigenvalue weighted by atomic mass is 15.2. The van der Waals surface area contributed by atoms with Crippen LogP contribution < -0.4 is 10.2 Å². The van der Waals surface area contributed by atoms with Gasteiger partial charge in [0.2, 0.25) is 0 Å². The fraction of sp³-hybridized carbons (Fsp3) is 0.706. The molecule has 0 fully saturated rings. The number of nitrogens with one attached hydrogen (secondary N) is 1. The molecule has 1 rings (SSSR count). The summed E-state index contributed by atoms with van der Waals surface area (Å²) in [4.78, 5) is 7.14. The van der Waals surface area contributed by atoms with Crippen LogP contribution in [0.4, 0.5) is 5.69 Å². The van der Waals surface area contributed by atoms with Gasteiger partial charge in [0.15, 0.2) is 0 Å². The molecule has 0 aromatic carbocycles. The molecular weight excluding hydrogens is 246 g/mol. The van der Waals surface area contributed by atoms with E-state index in [1.165, 1.54) is 18.5 Å². The Balaban J connectivity index is 2.95. The molecule has 0 spiro atoms. The van der Waals surface area contributed by atoms with Crippen molar-refractivity contribution in [3.63, 3.8) is 0 Å². The molecule has 1 atom stereocenters. The molecule has 0 radical (unpaired) electrons. The molecule has 1 aromatic heterocycles. The van der Waals surface area contributed by atoms with Crippen LogP contribution in [-0.4, -0.2) is 24.6 Å². The van der Waals surface area contributed by atoms with E-state index >= 15 is 0 Å². The molecule has 0 saturated carbocycles. The van der Waals surface area contributed by atoms with Crippen molar-refractivity contribution >= 4 is 5.69 Å². The van der Waals surface area contributed by atoms with Crippen LogP contribution in [-0.2, 0) is 0 Å². The van der Waals surface area contributed by atoms with Gasteiger partial charge in [0.1, 0.15) is 0 Å². The predicted octanol–water partition coefficient (Wildman–Crippen LogP) is 4.01. The summed E-state index contributed by atoms with van der Waals surface area (Å²) >= 11 is 0. The molecule has 1 heterocycles. The van der Waals surface area contributed by atoms with E-state index in [9.17, 15) is 0 Å². The van der Waals surface area contributed by atoms with Gasteiger partial charge in [0.05, 0.1) is 17.6 Å². The highest BCUT2D eigenvalue weighted by molar-refractivity contribution is 5.46. The lowest BCUT2D eigenvalue weighted by Crippen LogP contribution is -2.37. The molecule has 0 bridgehead atoms. The quantitative estimate of drug-likeness (QED) is 0.778.